The van der Waals surface area contributed by atoms with Crippen LogP contribution in [0.15, 0.2) is 48.6 Å². The van der Waals surface area contributed by atoms with E-state index in [1.165, 1.54) is 154 Å². The van der Waals surface area contributed by atoms with Crippen LogP contribution < -0.4 is 5.32 Å². The number of amides is 1. The first-order chi connectivity index (χ1) is 25.7. The second kappa shape index (κ2) is 43.8. The van der Waals surface area contributed by atoms with Crippen LogP contribution in [0.1, 0.15) is 232 Å². The van der Waals surface area contributed by atoms with Crippen molar-refractivity contribution in [3.05, 3.63) is 48.6 Å². The van der Waals surface area contributed by atoms with Gasteiger partial charge in [-0.3, -0.25) is 4.79 Å². The summed E-state index contributed by atoms with van der Waals surface area (Å²) in [4.78, 5) is 12.4. The summed E-state index contributed by atoms with van der Waals surface area (Å²) >= 11 is 0. The van der Waals surface area contributed by atoms with Gasteiger partial charge in [0, 0.05) is 6.42 Å². The molecule has 0 saturated heterocycles. The number of carbonyl (C=O) groups excluding carboxylic acids is 1. The number of rotatable bonds is 41. The van der Waals surface area contributed by atoms with Crippen molar-refractivity contribution in [2.24, 2.45) is 0 Å². The van der Waals surface area contributed by atoms with Gasteiger partial charge < -0.3 is 15.5 Å². The Hall–Kier alpha value is -1.65. The van der Waals surface area contributed by atoms with E-state index in [-0.39, 0.29) is 12.5 Å². The van der Waals surface area contributed by atoms with Crippen molar-refractivity contribution >= 4 is 5.91 Å². The topological polar surface area (TPSA) is 69.6 Å². The van der Waals surface area contributed by atoms with Gasteiger partial charge in [-0.2, -0.15) is 0 Å². The van der Waals surface area contributed by atoms with Crippen molar-refractivity contribution in [3.8, 4) is 0 Å². The zero-order valence-corrected chi connectivity index (χ0v) is 34.8. The molecule has 304 valence electrons. The molecule has 3 N–H and O–H groups in total. The molecule has 2 unspecified atom stereocenters. The largest absolute Gasteiger partial charge is 0.394 e. The van der Waals surface area contributed by atoms with Gasteiger partial charge in [-0.05, 0) is 51.4 Å². The highest BCUT2D eigenvalue weighted by Gasteiger charge is 2.17. The van der Waals surface area contributed by atoms with Crippen molar-refractivity contribution in [2.75, 3.05) is 6.61 Å². The lowest BCUT2D eigenvalue weighted by Crippen LogP contribution is -2.45. The van der Waals surface area contributed by atoms with Gasteiger partial charge in [0.2, 0.25) is 5.91 Å². The molecule has 0 aliphatic heterocycles. The molecule has 0 aromatic rings. The van der Waals surface area contributed by atoms with Crippen LogP contribution in [-0.2, 0) is 4.79 Å². The van der Waals surface area contributed by atoms with Crippen molar-refractivity contribution < 1.29 is 15.0 Å². The molecular weight excluding hydrogens is 639 g/mol. The minimum absolute atomic E-state index is 0.0742. The fourth-order valence-electron chi connectivity index (χ4n) is 6.84. The Labute approximate surface area is 324 Å². The van der Waals surface area contributed by atoms with E-state index in [4.69, 9.17) is 0 Å². The van der Waals surface area contributed by atoms with E-state index >= 15 is 0 Å². The minimum atomic E-state index is -0.844. The Morgan fingerprint density at radius 3 is 1.27 bits per heavy atom. The molecule has 4 heteroatoms. The third-order valence-electron chi connectivity index (χ3n) is 10.3. The number of unbranched alkanes of at least 4 members (excludes halogenated alkanes) is 28. The van der Waals surface area contributed by atoms with Crippen LogP contribution >= 0.6 is 0 Å². The van der Waals surface area contributed by atoms with E-state index in [0.717, 1.165) is 57.8 Å². The van der Waals surface area contributed by atoms with Crippen LogP contribution in [0.5, 0.6) is 0 Å². The molecule has 0 fully saturated rings. The maximum Gasteiger partial charge on any atom is 0.220 e. The lowest BCUT2D eigenvalue weighted by molar-refractivity contribution is -0.123. The smallest absolute Gasteiger partial charge is 0.220 e. The average Bonchev–Trinajstić information content (AvgIpc) is 3.15. The number of allylic oxidation sites excluding steroid dienone is 7. The summed E-state index contributed by atoms with van der Waals surface area (Å²) in [7, 11) is 0. The number of hydrogen-bond acceptors (Lipinski definition) is 3. The van der Waals surface area contributed by atoms with Gasteiger partial charge >= 0.3 is 0 Å². The molecular formula is C48H89NO3. The van der Waals surface area contributed by atoms with Crippen LogP contribution in [0, 0.1) is 0 Å². The Bertz CT molecular complexity index is 831. The molecule has 0 bridgehead atoms. The van der Waals surface area contributed by atoms with Crippen molar-refractivity contribution in [1.29, 1.82) is 0 Å². The molecule has 0 saturated carbocycles. The van der Waals surface area contributed by atoms with Gasteiger partial charge in [0.25, 0.3) is 0 Å². The third-order valence-corrected chi connectivity index (χ3v) is 10.3. The van der Waals surface area contributed by atoms with Crippen LogP contribution in [0.25, 0.3) is 0 Å². The monoisotopic (exact) mass is 728 g/mol. The van der Waals surface area contributed by atoms with E-state index in [0.29, 0.717) is 6.42 Å². The molecule has 0 aromatic carbocycles. The summed E-state index contributed by atoms with van der Waals surface area (Å²) in [5, 5.41) is 23.0. The highest BCUT2D eigenvalue weighted by molar-refractivity contribution is 5.76. The zero-order chi connectivity index (χ0) is 37.8. The Morgan fingerprint density at radius 1 is 0.481 bits per heavy atom. The number of carbonyl (C=O) groups is 1. The molecule has 0 heterocycles. The quantitative estimate of drug-likeness (QED) is 0.0434. The molecule has 0 aromatic heterocycles. The molecule has 0 radical (unpaired) electrons. The summed E-state index contributed by atoms with van der Waals surface area (Å²) in [6, 6.07) is -0.628. The van der Waals surface area contributed by atoms with Gasteiger partial charge in [0.1, 0.15) is 0 Å². The van der Waals surface area contributed by atoms with Crippen molar-refractivity contribution in [2.45, 2.75) is 244 Å². The molecule has 0 aliphatic rings. The zero-order valence-electron chi connectivity index (χ0n) is 34.8. The van der Waals surface area contributed by atoms with Gasteiger partial charge in [-0.25, -0.2) is 0 Å². The lowest BCUT2D eigenvalue weighted by Gasteiger charge is -2.20. The van der Waals surface area contributed by atoms with Gasteiger partial charge in [0.15, 0.2) is 0 Å². The van der Waals surface area contributed by atoms with E-state index in [9.17, 15) is 15.0 Å². The summed E-state index contributed by atoms with van der Waals surface area (Å²) in [6.07, 6.45) is 59.4. The predicted molar refractivity (Wildman–Crippen MR) is 230 cm³/mol. The molecule has 52 heavy (non-hydrogen) atoms. The van der Waals surface area contributed by atoms with Gasteiger partial charge in [-0.15, -0.1) is 0 Å². The first-order valence-corrected chi connectivity index (χ1v) is 22.9. The lowest BCUT2D eigenvalue weighted by atomic mass is 10.0. The van der Waals surface area contributed by atoms with Crippen LogP contribution in [0.3, 0.4) is 0 Å². The molecule has 0 rings (SSSR count). The summed E-state index contributed by atoms with van der Waals surface area (Å²) in [6.45, 7) is 4.20. The van der Waals surface area contributed by atoms with E-state index in [1.807, 2.05) is 6.08 Å². The first-order valence-electron chi connectivity index (χ1n) is 22.9. The Balaban J connectivity index is 3.56. The van der Waals surface area contributed by atoms with Gasteiger partial charge in [-0.1, -0.05) is 223 Å². The normalized spacial score (nSPS) is 13.4. The van der Waals surface area contributed by atoms with Crippen molar-refractivity contribution in [3.63, 3.8) is 0 Å². The number of nitrogens with one attached hydrogen (secondary N) is 1. The maximum absolute atomic E-state index is 12.4. The van der Waals surface area contributed by atoms with E-state index < -0.39 is 12.1 Å². The van der Waals surface area contributed by atoms with Crippen LogP contribution in [-0.4, -0.2) is 34.9 Å². The second-order valence-electron chi connectivity index (χ2n) is 15.4. The summed E-state index contributed by atoms with van der Waals surface area (Å²) in [5.74, 6) is -0.0742. The van der Waals surface area contributed by atoms with Gasteiger partial charge in [0.05, 0.1) is 18.8 Å². The molecule has 2 atom stereocenters. The Kier molecular flexibility index (Phi) is 42.4. The van der Waals surface area contributed by atoms with E-state index in [1.54, 1.807) is 6.08 Å². The highest BCUT2D eigenvalue weighted by atomic mass is 16.3. The number of aliphatic hydroxyl groups excluding tert-OH is 2. The highest BCUT2D eigenvalue weighted by Crippen LogP contribution is 2.16. The molecule has 4 nitrogen and oxygen atoms in total. The van der Waals surface area contributed by atoms with E-state index in [2.05, 4.69) is 55.6 Å². The number of aliphatic hydroxyl groups is 2. The fraction of sp³-hybridized carbons (Fsp3) is 0.812. The minimum Gasteiger partial charge on any atom is -0.394 e. The fourth-order valence-corrected chi connectivity index (χ4v) is 6.84. The van der Waals surface area contributed by atoms with Crippen LogP contribution in [0.2, 0.25) is 0 Å². The maximum atomic E-state index is 12.4. The molecule has 0 spiro atoms. The third kappa shape index (κ3) is 39.6. The number of hydrogen-bond donors (Lipinski definition) is 3. The molecule has 0 aliphatic carbocycles. The molecule has 1 amide bonds. The predicted octanol–water partition coefficient (Wildman–Crippen LogP) is 14.4. The summed E-state index contributed by atoms with van der Waals surface area (Å²) < 4.78 is 0. The summed E-state index contributed by atoms with van der Waals surface area (Å²) in [5.41, 5.74) is 0. The van der Waals surface area contributed by atoms with Crippen LogP contribution in [0.4, 0.5) is 0 Å². The average molecular weight is 728 g/mol. The SMILES string of the molecule is CC/C=C\C/C=C\C/C=C\CCCCCCCCCC(=O)NC(CO)C(O)/C=C/CCCCCCCCCCCCCCCCCCCCCCC. The first kappa shape index (κ1) is 50.4. The standard InChI is InChI=1S/C48H89NO3/c1-3-5-7-9-11-13-15-17-19-21-22-23-24-25-26-28-29-31-33-35-37-39-41-43-47(51)46(45-50)49-48(52)44-42-40-38-36-34-32-30-27-20-18-16-14-12-10-8-6-4-2/h6,8,12,14,18,20,41,43,46-47,50-51H,3-5,7,9-11,13,15-17,19,21-40,42,44-45H2,1-2H3,(H,49,52)/b8-6-,14-12-,20-18-,43-41+. The second-order valence-corrected chi connectivity index (χ2v) is 15.4. The Morgan fingerprint density at radius 2 is 0.846 bits per heavy atom. The van der Waals surface area contributed by atoms with Crippen molar-refractivity contribution in [1.82, 2.24) is 5.32 Å².